The van der Waals surface area contributed by atoms with Crippen LogP contribution in [0.25, 0.3) is 0 Å². The Morgan fingerprint density at radius 1 is 1.36 bits per heavy atom. The second-order valence-corrected chi connectivity index (χ2v) is 6.23. The summed E-state index contributed by atoms with van der Waals surface area (Å²) in [6.45, 7) is 6.14. The number of aromatic nitrogens is 3. The maximum absolute atomic E-state index is 12.6. The van der Waals surface area contributed by atoms with Gasteiger partial charge in [-0.1, -0.05) is 0 Å². The Kier molecular flexibility index (Phi) is 3.68. The van der Waals surface area contributed by atoms with Crippen molar-refractivity contribution in [3.05, 3.63) is 33.7 Å². The maximum atomic E-state index is 12.6. The minimum absolute atomic E-state index is 0.0965. The van der Waals surface area contributed by atoms with E-state index in [0.717, 1.165) is 17.0 Å². The Labute approximate surface area is 137 Å². The second-order valence-electron chi connectivity index (χ2n) is 5.41. The third-order valence-corrected chi connectivity index (χ3v) is 4.40. The van der Waals surface area contributed by atoms with Gasteiger partial charge in [0.2, 0.25) is 0 Å². The predicted molar refractivity (Wildman–Crippen MR) is 85.9 cm³/mol. The van der Waals surface area contributed by atoms with Crippen LogP contribution in [0.5, 0.6) is 5.75 Å². The van der Waals surface area contributed by atoms with Gasteiger partial charge in [-0.2, -0.15) is 5.10 Å². The largest absolute Gasteiger partial charge is 0.477 e. The summed E-state index contributed by atoms with van der Waals surface area (Å²) in [7, 11) is 1.90. The summed E-state index contributed by atoms with van der Waals surface area (Å²) in [6, 6.07) is 3.63. The molecule has 0 saturated carbocycles. The van der Waals surface area contributed by atoms with Crippen LogP contribution in [-0.2, 0) is 18.4 Å². The van der Waals surface area contributed by atoms with Gasteiger partial charge in [-0.3, -0.25) is 14.4 Å². The molecule has 0 fully saturated rings. The SMILES string of the molecule is Cc1nn(C)c(C)c1CN1C(=O)C(C)Oc2ccc(Br)nc21. The summed E-state index contributed by atoms with van der Waals surface area (Å²) in [4.78, 5) is 18.6. The summed E-state index contributed by atoms with van der Waals surface area (Å²) >= 11 is 3.35. The number of hydrogen-bond donors (Lipinski definition) is 0. The fourth-order valence-corrected chi connectivity index (χ4v) is 2.92. The third-order valence-electron chi connectivity index (χ3n) is 3.95. The fraction of sp³-hybridized carbons (Fsp3) is 0.400. The molecule has 2 aromatic heterocycles. The molecule has 6 nitrogen and oxygen atoms in total. The number of ether oxygens (including phenoxy) is 1. The Morgan fingerprint density at radius 2 is 2.09 bits per heavy atom. The van der Waals surface area contributed by atoms with E-state index in [-0.39, 0.29) is 5.91 Å². The van der Waals surface area contributed by atoms with Crippen LogP contribution in [0.4, 0.5) is 5.82 Å². The van der Waals surface area contributed by atoms with E-state index in [1.165, 1.54) is 0 Å². The van der Waals surface area contributed by atoms with Gasteiger partial charge in [-0.15, -0.1) is 0 Å². The molecule has 3 heterocycles. The molecule has 0 N–H and O–H groups in total. The zero-order chi connectivity index (χ0) is 16.0. The predicted octanol–water partition coefficient (Wildman–Crippen LogP) is 2.51. The van der Waals surface area contributed by atoms with E-state index in [9.17, 15) is 4.79 Å². The molecule has 1 atom stereocenters. The summed E-state index contributed by atoms with van der Waals surface area (Å²) in [5, 5.41) is 4.41. The van der Waals surface area contributed by atoms with Crippen molar-refractivity contribution in [2.75, 3.05) is 4.90 Å². The van der Waals surface area contributed by atoms with Crippen molar-refractivity contribution in [2.24, 2.45) is 7.05 Å². The van der Waals surface area contributed by atoms with Crippen LogP contribution in [0.2, 0.25) is 0 Å². The molecule has 2 aromatic rings. The number of nitrogens with zero attached hydrogens (tertiary/aromatic N) is 4. The molecule has 3 rings (SSSR count). The minimum Gasteiger partial charge on any atom is -0.477 e. The molecule has 0 radical (unpaired) electrons. The maximum Gasteiger partial charge on any atom is 0.269 e. The highest BCUT2D eigenvalue weighted by molar-refractivity contribution is 9.10. The monoisotopic (exact) mass is 364 g/mol. The first-order valence-corrected chi connectivity index (χ1v) is 7.81. The lowest BCUT2D eigenvalue weighted by molar-refractivity contribution is -0.125. The van der Waals surface area contributed by atoms with Gasteiger partial charge in [0, 0.05) is 18.3 Å². The molecule has 1 amide bonds. The summed E-state index contributed by atoms with van der Waals surface area (Å²) in [6.07, 6.45) is -0.521. The van der Waals surface area contributed by atoms with E-state index in [1.807, 2.05) is 31.6 Å². The number of halogens is 1. The molecular weight excluding hydrogens is 348 g/mol. The van der Waals surface area contributed by atoms with Crippen molar-refractivity contribution in [1.29, 1.82) is 0 Å². The zero-order valence-corrected chi connectivity index (χ0v) is 14.5. The number of carbonyl (C=O) groups is 1. The Balaban J connectivity index is 2.05. The van der Waals surface area contributed by atoms with E-state index in [0.29, 0.717) is 22.7 Å². The molecule has 116 valence electrons. The number of amides is 1. The molecule has 1 aliphatic rings. The van der Waals surface area contributed by atoms with Crippen LogP contribution in [0, 0.1) is 13.8 Å². The van der Waals surface area contributed by atoms with Crippen molar-refractivity contribution >= 4 is 27.7 Å². The third kappa shape index (κ3) is 2.39. The number of fused-ring (bicyclic) bond motifs is 1. The smallest absolute Gasteiger partial charge is 0.269 e. The molecule has 0 aromatic carbocycles. The quantitative estimate of drug-likeness (QED) is 0.768. The van der Waals surface area contributed by atoms with Crippen molar-refractivity contribution in [2.45, 2.75) is 33.4 Å². The van der Waals surface area contributed by atoms with Gasteiger partial charge in [0.05, 0.1) is 12.2 Å². The van der Waals surface area contributed by atoms with Gasteiger partial charge in [0.15, 0.2) is 17.7 Å². The molecule has 7 heteroatoms. The van der Waals surface area contributed by atoms with Crippen LogP contribution < -0.4 is 9.64 Å². The average Bonchev–Trinajstić information content (AvgIpc) is 2.70. The molecule has 1 aliphatic heterocycles. The topological polar surface area (TPSA) is 60.2 Å². The highest BCUT2D eigenvalue weighted by Gasteiger charge is 2.33. The van der Waals surface area contributed by atoms with Crippen molar-refractivity contribution in [1.82, 2.24) is 14.8 Å². The molecule has 0 aliphatic carbocycles. The molecule has 0 bridgehead atoms. The normalized spacial score (nSPS) is 17.4. The molecule has 0 spiro atoms. The molecule has 22 heavy (non-hydrogen) atoms. The van der Waals surface area contributed by atoms with E-state index in [1.54, 1.807) is 17.9 Å². The Hall–Kier alpha value is -1.89. The molecule has 0 saturated heterocycles. The van der Waals surface area contributed by atoms with E-state index < -0.39 is 6.10 Å². The number of anilines is 1. The standard InChI is InChI=1S/C15H17BrN4O2/c1-8-11(9(2)19(4)18-8)7-20-14-12(5-6-13(16)17-14)22-10(3)15(20)21/h5-6,10H,7H2,1-4H3. The van der Waals surface area contributed by atoms with E-state index in [4.69, 9.17) is 4.74 Å². The van der Waals surface area contributed by atoms with Gasteiger partial charge >= 0.3 is 0 Å². The van der Waals surface area contributed by atoms with Crippen LogP contribution >= 0.6 is 15.9 Å². The summed E-state index contributed by atoms with van der Waals surface area (Å²) in [5.41, 5.74) is 3.00. The molecule has 1 unspecified atom stereocenters. The zero-order valence-electron chi connectivity index (χ0n) is 12.9. The highest BCUT2D eigenvalue weighted by atomic mass is 79.9. The van der Waals surface area contributed by atoms with Crippen molar-refractivity contribution in [3.8, 4) is 5.75 Å². The van der Waals surface area contributed by atoms with E-state index >= 15 is 0 Å². The first kappa shape index (κ1) is 15.0. The second kappa shape index (κ2) is 5.39. The summed E-state index contributed by atoms with van der Waals surface area (Å²) < 4.78 is 8.13. The van der Waals surface area contributed by atoms with Gasteiger partial charge in [0.25, 0.3) is 5.91 Å². The van der Waals surface area contributed by atoms with Crippen LogP contribution in [0.15, 0.2) is 16.7 Å². The first-order valence-electron chi connectivity index (χ1n) is 7.02. The Bertz CT molecular complexity index is 756. The van der Waals surface area contributed by atoms with Gasteiger partial charge in [-0.05, 0) is 48.8 Å². The average molecular weight is 365 g/mol. The van der Waals surface area contributed by atoms with Crippen LogP contribution in [0.3, 0.4) is 0 Å². The van der Waals surface area contributed by atoms with Crippen LogP contribution in [0.1, 0.15) is 23.9 Å². The van der Waals surface area contributed by atoms with Crippen molar-refractivity contribution in [3.63, 3.8) is 0 Å². The van der Waals surface area contributed by atoms with E-state index in [2.05, 4.69) is 26.0 Å². The molecular formula is C15H17BrN4O2. The van der Waals surface area contributed by atoms with Crippen LogP contribution in [-0.4, -0.2) is 26.8 Å². The number of pyridine rings is 1. The van der Waals surface area contributed by atoms with Gasteiger partial charge in [0.1, 0.15) is 4.60 Å². The van der Waals surface area contributed by atoms with Crippen molar-refractivity contribution < 1.29 is 9.53 Å². The Morgan fingerprint density at radius 3 is 2.73 bits per heavy atom. The number of hydrogen-bond acceptors (Lipinski definition) is 4. The lowest BCUT2D eigenvalue weighted by Crippen LogP contribution is -2.44. The van der Waals surface area contributed by atoms with Gasteiger partial charge < -0.3 is 4.74 Å². The number of carbonyl (C=O) groups excluding carboxylic acids is 1. The summed E-state index contributed by atoms with van der Waals surface area (Å²) in [5.74, 6) is 1.07. The first-order chi connectivity index (χ1) is 10.4. The minimum atomic E-state index is -0.521. The number of rotatable bonds is 2. The fourth-order valence-electron chi connectivity index (χ4n) is 2.62. The highest BCUT2D eigenvalue weighted by Crippen LogP contribution is 2.35. The lowest BCUT2D eigenvalue weighted by Gasteiger charge is -2.32. The number of aryl methyl sites for hydroxylation is 2. The lowest BCUT2D eigenvalue weighted by atomic mass is 10.1. The van der Waals surface area contributed by atoms with Gasteiger partial charge in [-0.25, -0.2) is 4.98 Å².